The molecule has 2 heteroatoms. The van der Waals surface area contributed by atoms with Gasteiger partial charge in [-0.1, -0.05) is 122 Å². The summed E-state index contributed by atoms with van der Waals surface area (Å²) in [6, 6.07) is 0. The van der Waals surface area contributed by atoms with Crippen LogP contribution in [0.5, 0.6) is 0 Å². The van der Waals surface area contributed by atoms with Crippen molar-refractivity contribution in [1.29, 1.82) is 0 Å². The molecular weight excluding hydrogens is 344 g/mol. The summed E-state index contributed by atoms with van der Waals surface area (Å²) in [4.78, 5) is 0. The lowest BCUT2D eigenvalue weighted by Crippen LogP contribution is -1.98. The van der Waals surface area contributed by atoms with Crippen molar-refractivity contribution < 1.29 is 9.84 Å². The zero-order chi connectivity index (χ0) is 20.5. The van der Waals surface area contributed by atoms with Crippen molar-refractivity contribution in [3.63, 3.8) is 0 Å². The van der Waals surface area contributed by atoms with Gasteiger partial charge >= 0.3 is 0 Å². The molecule has 28 heavy (non-hydrogen) atoms. The van der Waals surface area contributed by atoms with E-state index in [-0.39, 0.29) is 6.10 Å². The molecule has 0 aliphatic rings. The van der Waals surface area contributed by atoms with Gasteiger partial charge in [-0.25, -0.2) is 0 Å². The number of aliphatic hydroxyl groups excluding tert-OH is 1. The molecule has 0 spiro atoms. The van der Waals surface area contributed by atoms with Gasteiger partial charge in [0.15, 0.2) is 0 Å². The van der Waals surface area contributed by atoms with Crippen LogP contribution in [0.15, 0.2) is 0 Å². The van der Waals surface area contributed by atoms with E-state index in [0.717, 1.165) is 19.6 Å². The number of hydrogen-bond acceptors (Lipinski definition) is 2. The minimum atomic E-state index is -0.106. The smallest absolute Gasteiger partial charge is 0.0512 e. The van der Waals surface area contributed by atoms with Crippen LogP contribution in [0.4, 0.5) is 0 Å². The second-order valence-electron chi connectivity index (χ2n) is 8.97. The summed E-state index contributed by atoms with van der Waals surface area (Å²) in [7, 11) is 0. The summed E-state index contributed by atoms with van der Waals surface area (Å²) in [6.45, 7) is 6.05. The van der Waals surface area contributed by atoms with Crippen molar-refractivity contribution in [3.8, 4) is 0 Å². The van der Waals surface area contributed by atoms with E-state index in [1.54, 1.807) is 0 Å². The highest BCUT2D eigenvalue weighted by atomic mass is 16.5. The molecule has 0 radical (unpaired) electrons. The lowest BCUT2D eigenvalue weighted by molar-refractivity contribution is 0.127. The molecule has 0 saturated carbocycles. The molecule has 0 aromatic heterocycles. The number of ether oxygens (including phenoxy) is 1. The molecule has 0 aromatic carbocycles. The van der Waals surface area contributed by atoms with Crippen molar-refractivity contribution >= 4 is 0 Å². The van der Waals surface area contributed by atoms with Gasteiger partial charge in [-0.2, -0.15) is 0 Å². The molecule has 0 rings (SSSR count). The first-order chi connectivity index (χ1) is 13.8. The Kier molecular flexibility index (Phi) is 24.9. The minimum absolute atomic E-state index is 0.106. The van der Waals surface area contributed by atoms with Gasteiger partial charge in [0.05, 0.1) is 6.10 Å². The van der Waals surface area contributed by atoms with Gasteiger partial charge in [0.1, 0.15) is 0 Å². The Morgan fingerprint density at radius 2 is 0.821 bits per heavy atom. The first-order valence-electron chi connectivity index (χ1n) is 13.0. The van der Waals surface area contributed by atoms with Crippen LogP contribution in [-0.4, -0.2) is 24.4 Å². The van der Waals surface area contributed by atoms with Crippen LogP contribution in [0, 0.1) is 0 Å². The summed E-state index contributed by atoms with van der Waals surface area (Å²) in [5.74, 6) is 0. The van der Waals surface area contributed by atoms with Crippen LogP contribution in [0.1, 0.15) is 149 Å². The SMILES string of the molecule is CCCCOCCCCCCCCCCCCCCCCCCCCC(C)O. The standard InChI is InChI=1S/C26H54O2/c1-3-4-24-28-25-22-20-18-16-14-12-10-8-6-5-7-9-11-13-15-17-19-21-23-26(2)27/h26-27H,3-25H2,1-2H3. The largest absolute Gasteiger partial charge is 0.393 e. The van der Waals surface area contributed by atoms with E-state index in [1.165, 1.54) is 128 Å². The number of hydrogen-bond donors (Lipinski definition) is 1. The predicted molar refractivity (Wildman–Crippen MR) is 125 cm³/mol. The van der Waals surface area contributed by atoms with Gasteiger partial charge in [0, 0.05) is 13.2 Å². The van der Waals surface area contributed by atoms with E-state index in [9.17, 15) is 5.11 Å². The van der Waals surface area contributed by atoms with Gasteiger partial charge in [0.25, 0.3) is 0 Å². The number of rotatable bonds is 24. The van der Waals surface area contributed by atoms with Gasteiger partial charge < -0.3 is 9.84 Å². The van der Waals surface area contributed by atoms with Crippen molar-refractivity contribution in [3.05, 3.63) is 0 Å². The highest BCUT2D eigenvalue weighted by Gasteiger charge is 1.97. The van der Waals surface area contributed by atoms with Crippen molar-refractivity contribution in [2.45, 2.75) is 155 Å². The van der Waals surface area contributed by atoms with Crippen LogP contribution >= 0.6 is 0 Å². The van der Waals surface area contributed by atoms with Crippen molar-refractivity contribution in [1.82, 2.24) is 0 Å². The maximum atomic E-state index is 9.22. The number of aliphatic hydroxyl groups is 1. The molecule has 0 amide bonds. The molecule has 0 aliphatic carbocycles. The Morgan fingerprint density at radius 1 is 0.500 bits per heavy atom. The van der Waals surface area contributed by atoms with Gasteiger partial charge in [-0.3, -0.25) is 0 Å². The monoisotopic (exact) mass is 398 g/mol. The zero-order valence-corrected chi connectivity index (χ0v) is 19.7. The third-order valence-corrected chi connectivity index (χ3v) is 5.80. The third-order valence-electron chi connectivity index (χ3n) is 5.80. The van der Waals surface area contributed by atoms with E-state index < -0.39 is 0 Å². The Hall–Kier alpha value is -0.0800. The molecule has 0 fully saturated rings. The zero-order valence-electron chi connectivity index (χ0n) is 19.7. The molecule has 0 aliphatic heterocycles. The molecule has 170 valence electrons. The quantitative estimate of drug-likeness (QED) is 0.165. The Bertz CT molecular complexity index is 265. The third kappa shape index (κ3) is 25.9. The van der Waals surface area contributed by atoms with E-state index in [2.05, 4.69) is 6.92 Å². The number of unbranched alkanes of at least 4 members (excludes halogenated alkanes) is 18. The van der Waals surface area contributed by atoms with E-state index in [4.69, 9.17) is 4.74 Å². The van der Waals surface area contributed by atoms with Gasteiger partial charge in [0.2, 0.25) is 0 Å². The van der Waals surface area contributed by atoms with Crippen LogP contribution in [0.25, 0.3) is 0 Å². The summed E-state index contributed by atoms with van der Waals surface area (Å²) in [5.41, 5.74) is 0. The second-order valence-corrected chi connectivity index (χ2v) is 8.97. The second kappa shape index (κ2) is 25.0. The fourth-order valence-corrected chi connectivity index (χ4v) is 3.82. The molecule has 0 aromatic rings. The molecule has 2 nitrogen and oxygen atoms in total. The summed E-state index contributed by atoms with van der Waals surface area (Å²) in [5, 5.41) is 9.22. The molecule has 1 atom stereocenters. The average molecular weight is 399 g/mol. The molecule has 0 bridgehead atoms. The highest BCUT2D eigenvalue weighted by molar-refractivity contribution is 4.52. The maximum Gasteiger partial charge on any atom is 0.0512 e. The normalized spacial score (nSPS) is 12.5. The molecular formula is C26H54O2. The lowest BCUT2D eigenvalue weighted by Gasteiger charge is -2.05. The minimum Gasteiger partial charge on any atom is -0.393 e. The van der Waals surface area contributed by atoms with Crippen molar-refractivity contribution in [2.24, 2.45) is 0 Å². The Morgan fingerprint density at radius 3 is 1.18 bits per heavy atom. The molecule has 0 heterocycles. The summed E-state index contributed by atoms with van der Waals surface area (Å²) in [6.07, 6.45) is 28.5. The van der Waals surface area contributed by atoms with E-state index in [1.807, 2.05) is 6.92 Å². The molecule has 0 saturated heterocycles. The van der Waals surface area contributed by atoms with Crippen LogP contribution in [-0.2, 0) is 4.74 Å². The Balaban J connectivity index is 2.98. The summed E-state index contributed by atoms with van der Waals surface area (Å²) >= 11 is 0. The average Bonchev–Trinajstić information content (AvgIpc) is 2.68. The topological polar surface area (TPSA) is 29.5 Å². The van der Waals surface area contributed by atoms with Crippen LogP contribution in [0.3, 0.4) is 0 Å². The lowest BCUT2D eigenvalue weighted by atomic mass is 10.0. The Labute approximate surface area is 178 Å². The predicted octanol–water partition coefficient (Wildman–Crippen LogP) is 8.60. The first-order valence-corrected chi connectivity index (χ1v) is 13.0. The summed E-state index contributed by atoms with van der Waals surface area (Å²) < 4.78 is 5.61. The van der Waals surface area contributed by atoms with E-state index >= 15 is 0 Å². The maximum absolute atomic E-state index is 9.22. The van der Waals surface area contributed by atoms with Crippen LogP contribution in [0.2, 0.25) is 0 Å². The van der Waals surface area contributed by atoms with Gasteiger partial charge in [-0.05, 0) is 26.2 Å². The van der Waals surface area contributed by atoms with Crippen molar-refractivity contribution in [2.75, 3.05) is 13.2 Å². The highest BCUT2D eigenvalue weighted by Crippen LogP contribution is 2.14. The van der Waals surface area contributed by atoms with Gasteiger partial charge in [-0.15, -0.1) is 0 Å². The molecule has 1 N–H and O–H groups in total. The molecule has 1 unspecified atom stereocenters. The fourth-order valence-electron chi connectivity index (χ4n) is 3.82. The van der Waals surface area contributed by atoms with E-state index in [0.29, 0.717) is 0 Å². The fraction of sp³-hybridized carbons (Fsp3) is 1.00. The van der Waals surface area contributed by atoms with Crippen LogP contribution < -0.4 is 0 Å². The first kappa shape index (κ1) is 27.9.